The number of methoxy groups -OCH3 is 1. The Morgan fingerprint density at radius 3 is 2.15 bits per heavy atom. The molecule has 2 amide bonds. The molecule has 0 bridgehead atoms. The molecule has 0 radical (unpaired) electrons. The Morgan fingerprint density at radius 1 is 0.909 bits per heavy atom. The molecule has 0 aliphatic carbocycles. The number of hydrogen-bond acceptors (Lipinski definition) is 5. The molecule has 0 saturated carbocycles. The molecule has 0 spiro atoms. The summed E-state index contributed by atoms with van der Waals surface area (Å²) in [6.07, 6.45) is 2.64. The molecule has 2 aromatic carbocycles. The molecule has 1 fully saturated rings. The Balaban J connectivity index is 1.60. The third-order valence-corrected chi connectivity index (χ3v) is 6.48. The average Bonchev–Trinajstić information content (AvgIpc) is 3.09. The highest BCUT2D eigenvalue weighted by molar-refractivity contribution is 6.35. The van der Waals surface area contributed by atoms with Gasteiger partial charge >= 0.3 is 0 Å². The first-order valence-corrected chi connectivity index (χ1v) is 11.7. The fourth-order valence-corrected chi connectivity index (χ4v) is 4.47. The van der Waals surface area contributed by atoms with Crippen LogP contribution in [-0.2, 0) is 16.0 Å². The van der Waals surface area contributed by atoms with Crippen molar-refractivity contribution >= 4 is 17.4 Å². The maximum Gasteiger partial charge on any atom is 0.277 e. The molecule has 1 saturated heterocycles. The van der Waals surface area contributed by atoms with Crippen LogP contribution in [0.15, 0.2) is 54.2 Å². The third kappa shape index (κ3) is 4.90. The van der Waals surface area contributed by atoms with E-state index in [0.29, 0.717) is 36.8 Å². The van der Waals surface area contributed by atoms with E-state index in [1.54, 1.807) is 7.11 Å². The van der Waals surface area contributed by atoms with Crippen molar-refractivity contribution in [3.8, 4) is 11.5 Å². The van der Waals surface area contributed by atoms with E-state index in [1.165, 1.54) is 4.90 Å². The Kier molecular flexibility index (Phi) is 7.02. The fourth-order valence-electron chi connectivity index (χ4n) is 4.47. The number of carbonyl (C=O) groups excluding carboxylic acids is 2. The molecular weight excluding hydrogens is 416 g/mol. The second kappa shape index (κ2) is 10.1. The normalized spacial score (nSPS) is 17.2. The molecule has 2 aliphatic heterocycles. The Hall–Kier alpha value is -3.28. The molecule has 0 aromatic heterocycles. The Labute approximate surface area is 195 Å². The van der Waals surface area contributed by atoms with Crippen molar-refractivity contribution in [1.82, 2.24) is 9.80 Å². The number of benzene rings is 2. The number of rotatable bonds is 8. The van der Waals surface area contributed by atoms with Gasteiger partial charge in [-0.3, -0.25) is 14.5 Å². The van der Waals surface area contributed by atoms with E-state index >= 15 is 0 Å². The second-order valence-corrected chi connectivity index (χ2v) is 8.71. The van der Waals surface area contributed by atoms with Crippen LogP contribution in [0.2, 0.25) is 0 Å². The van der Waals surface area contributed by atoms with E-state index in [-0.39, 0.29) is 11.8 Å². The standard InChI is InChI=1S/C27H32N2O4/c1-4-33-23-11-7-21(8-12-23)24-25(28-16-13-19(2)14-17-28)27(31)29(26(24)30)18-15-20-5-9-22(32-3)10-6-20/h5-12,19H,4,13-18H2,1-3H3. The van der Waals surface area contributed by atoms with Gasteiger partial charge in [0.15, 0.2) is 0 Å². The number of hydrogen-bond donors (Lipinski definition) is 0. The smallest absolute Gasteiger partial charge is 0.277 e. The molecule has 2 aromatic rings. The first-order valence-electron chi connectivity index (χ1n) is 11.7. The summed E-state index contributed by atoms with van der Waals surface area (Å²) in [5, 5.41) is 0. The predicted octanol–water partition coefficient (Wildman–Crippen LogP) is 4.15. The molecule has 174 valence electrons. The Morgan fingerprint density at radius 2 is 1.55 bits per heavy atom. The van der Waals surface area contributed by atoms with Crippen LogP contribution in [0.25, 0.3) is 5.57 Å². The molecule has 4 rings (SSSR count). The largest absolute Gasteiger partial charge is 0.497 e. The molecule has 0 N–H and O–H groups in total. The van der Waals surface area contributed by atoms with Crippen LogP contribution in [0.4, 0.5) is 0 Å². The maximum absolute atomic E-state index is 13.5. The predicted molar refractivity (Wildman–Crippen MR) is 128 cm³/mol. The molecule has 0 atom stereocenters. The van der Waals surface area contributed by atoms with E-state index in [2.05, 4.69) is 11.8 Å². The van der Waals surface area contributed by atoms with Crippen LogP contribution >= 0.6 is 0 Å². The van der Waals surface area contributed by atoms with Gasteiger partial charge in [-0.05, 0) is 67.5 Å². The van der Waals surface area contributed by atoms with Crippen molar-refractivity contribution in [2.24, 2.45) is 5.92 Å². The first-order chi connectivity index (χ1) is 16.0. The highest BCUT2D eigenvalue weighted by Gasteiger charge is 2.41. The van der Waals surface area contributed by atoms with Crippen LogP contribution in [0.3, 0.4) is 0 Å². The van der Waals surface area contributed by atoms with Gasteiger partial charge < -0.3 is 14.4 Å². The number of nitrogens with zero attached hydrogens (tertiary/aromatic N) is 2. The lowest BCUT2D eigenvalue weighted by atomic mass is 9.97. The van der Waals surface area contributed by atoms with Crippen molar-refractivity contribution in [1.29, 1.82) is 0 Å². The quantitative estimate of drug-likeness (QED) is 0.568. The molecule has 0 unspecified atom stereocenters. The molecule has 2 aliphatic rings. The molecule has 33 heavy (non-hydrogen) atoms. The third-order valence-electron chi connectivity index (χ3n) is 6.48. The van der Waals surface area contributed by atoms with Crippen molar-refractivity contribution in [3.63, 3.8) is 0 Å². The van der Waals surface area contributed by atoms with Crippen LogP contribution in [-0.4, -0.2) is 55.0 Å². The molecule has 2 heterocycles. The fraction of sp³-hybridized carbons (Fsp3) is 0.407. The number of carbonyl (C=O) groups is 2. The number of imide groups is 1. The lowest BCUT2D eigenvalue weighted by molar-refractivity contribution is -0.137. The van der Waals surface area contributed by atoms with Gasteiger partial charge in [0.1, 0.15) is 17.2 Å². The SMILES string of the molecule is CCOc1ccc(C2=C(N3CCC(C)CC3)C(=O)N(CCc3ccc(OC)cc3)C2=O)cc1. The van der Waals surface area contributed by atoms with Crippen molar-refractivity contribution < 1.29 is 19.1 Å². The minimum absolute atomic E-state index is 0.188. The van der Waals surface area contributed by atoms with E-state index in [0.717, 1.165) is 48.6 Å². The average molecular weight is 449 g/mol. The number of ether oxygens (including phenoxy) is 2. The monoisotopic (exact) mass is 448 g/mol. The zero-order chi connectivity index (χ0) is 23.4. The molecular formula is C27H32N2O4. The number of likely N-dealkylation sites (tertiary alicyclic amines) is 1. The van der Waals surface area contributed by atoms with Crippen LogP contribution < -0.4 is 9.47 Å². The van der Waals surface area contributed by atoms with Gasteiger partial charge in [-0.1, -0.05) is 31.2 Å². The highest BCUT2D eigenvalue weighted by atomic mass is 16.5. The summed E-state index contributed by atoms with van der Waals surface area (Å²) in [6.45, 7) is 6.69. The summed E-state index contributed by atoms with van der Waals surface area (Å²) >= 11 is 0. The number of amides is 2. The van der Waals surface area contributed by atoms with E-state index in [1.807, 2.05) is 55.5 Å². The Bertz CT molecular complexity index is 1020. The maximum atomic E-state index is 13.5. The zero-order valence-electron chi connectivity index (χ0n) is 19.7. The van der Waals surface area contributed by atoms with Gasteiger partial charge in [-0.15, -0.1) is 0 Å². The van der Waals surface area contributed by atoms with Gasteiger partial charge in [-0.25, -0.2) is 0 Å². The summed E-state index contributed by atoms with van der Waals surface area (Å²) in [6, 6.07) is 15.2. The molecule has 6 nitrogen and oxygen atoms in total. The summed E-state index contributed by atoms with van der Waals surface area (Å²) in [5.41, 5.74) is 2.87. The van der Waals surface area contributed by atoms with Crippen LogP contribution in [0.1, 0.15) is 37.8 Å². The lowest BCUT2D eigenvalue weighted by Crippen LogP contribution is -2.39. The van der Waals surface area contributed by atoms with E-state index in [4.69, 9.17) is 9.47 Å². The minimum Gasteiger partial charge on any atom is -0.497 e. The lowest BCUT2D eigenvalue weighted by Gasteiger charge is -2.32. The summed E-state index contributed by atoms with van der Waals surface area (Å²) in [7, 11) is 1.63. The van der Waals surface area contributed by atoms with Crippen molar-refractivity contribution in [3.05, 3.63) is 65.4 Å². The van der Waals surface area contributed by atoms with Gasteiger partial charge in [0.25, 0.3) is 11.8 Å². The summed E-state index contributed by atoms with van der Waals surface area (Å²) in [5.74, 6) is 1.77. The summed E-state index contributed by atoms with van der Waals surface area (Å²) in [4.78, 5) is 30.6. The van der Waals surface area contributed by atoms with Crippen molar-refractivity contribution in [2.75, 3.05) is 33.4 Å². The van der Waals surface area contributed by atoms with Gasteiger partial charge in [0.2, 0.25) is 0 Å². The topological polar surface area (TPSA) is 59.1 Å². The summed E-state index contributed by atoms with van der Waals surface area (Å²) < 4.78 is 10.8. The zero-order valence-corrected chi connectivity index (χ0v) is 19.7. The van der Waals surface area contributed by atoms with Crippen LogP contribution in [0, 0.1) is 5.92 Å². The van der Waals surface area contributed by atoms with E-state index < -0.39 is 0 Å². The minimum atomic E-state index is -0.216. The van der Waals surface area contributed by atoms with Gasteiger partial charge in [-0.2, -0.15) is 0 Å². The highest BCUT2D eigenvalue weighted by Crippen LogP contribution is 2.34. The number of piperidine rings is 1. The molecule has 6 heteroatoms. The van der Waals surface area contributed by atoms with Crippen molar-refractivity contribution in [2.45, 2.75) is 33.1 Å². The van der Waals surface area contributed by atoms with Crippen LogP contribution in [0.5, 0.6) is 11.5 Å². The van der Waals surface area contributed by atoms with E-state index in [9.17, 15) is 9.59 Å². The van der Waals surface area contributed by atoms with Gasteiger partial charge in [0, 0.05) is 19.6 Å². The van der Waals surface area contributed by atoms with Gasteiger partial charge in [0.05, 0.1) is 19.3 Å². The first kappa shape index (κ1) is 22.9. The second-order valence-electron chi connectivity index (χ2n) is 8.71.